The average Bonchev–Trinajstić information content (AvgIpc) is 2.83. The van der Waals surface area contributed by atoms with E-state index in [0.717, 1.165) is 10.0 Å². The van der Waals surface area contributed by atoms with Crippen LogP contribution < -0.4 is 0 Å². The molecular weight excluding hydrogens is 350 g/mol. The Kier molecular flexibility index (Phi) is 4.80. The van der Waals surface area contributed by atoms with Crippen LogP contribution in [0.4, 0.5) is 4.79 Å². The normalized spacial score (nSPS) is 21.7. The lowest BCUT2D eigenvalue weighted by Crippen LogP contribution is -2.35. The molecule has 2 atom stereocenters. The molecule has 0 aliphatic carbocycles. The SMILES string of the molecule is CC(C)(C)OC(=O)N1C[C@H](C(=O)O)[C@@H](c2ccc(Br)cc2)C1. The number of nitrogens with zero attached hydrogens (tertiary/aromatic N) is 1. The lowest BCUT2D eigenvalue weighted by Gasteiger charge is -2.24. The molecule has 1 amide bonds. The van der Waals surface area contributed by atoms with Crippen LogP contribution in [0.5, 0.6) is 0 Å². The van der Waals surface area contributed by atoms with Crippen LogP contribution in [-0.4, -0.2) is 40.8 Å². The van der Waals surface area contributed by atoms with Crippen LogP contribution in [0.1, 0.15) is 32.3 Å². The van der Waals surface area contributed by atoms with Gasteiger partial charge in [0.15, 0.2) is 0 Å². The highest BCUT2D eigenvalue weighted by molar-refractivity contribution is 9.10. The Morgan fingerprint density at radius 2 is 1.82 bits per heavy atom. The van der Waals surface area contributed by atoms with E-state index in [9.17, 15) is 14.7 Å². The van der Waals surface area contributed by atoms with Crippen molar-refractivity contribution in [2.75, 3.05) is 13.1 Å². The van der Waals surface area contributed by atoms with E-state index in [2.05, 4.69) is 15.9 Å². The molecular formula is C16H20BrNO4. The van der Waals surface area contributed by atoms with Crippen LogP contribution >= 0.6 is 15.9 Å². The first-order valence-electron chi connectivity index (χ1n) is 7.13. The first-order valence-corrected chi connectivity index (χ1v) is 7.93. The van der Waals surface area contributed by atoms with Crippen molar-refractivity contribution in [1.29, 1.82) is 0 Å². The maximum absolute atomic E-state index is 12.2. The van der Waals surface area contributed by atoms with Crippen molar-refractivity contribution in [3.63, 3.8) is 0 Å². The number of carboxylic acid groups (broad SMARTS) is 1. The predicted molar refractivity (Wildman–Crippen MR) is 85.8 cm³/mol. The van der Waals surface area contributed by atoms with Crippen molar-refractivity contribution in [2.24, 2.45) is 5.92 Å². The summed E-state index contributed by atoms with van der Waals surface area (Å²) in [6.45, 7) is 5.91. The number of amides is 1. The van der Waals surface area contributed by atoms with Crippen LogP contribution in [0.25, 0.3) is 0 Å². The van der Waals surface area contributed by atoms with E-state index in [4.69, 9.17) is 4.74 Å². The third-order valence-corrected chi connectivity index (χ3v) is 4.12. The zero-order valence-electron chi connectivity index (χ0n) is 12.9. The molecule has 0 radical (unpaired) electrons. The predicted octanol–water partition coefficient (Wildman–Crippen LogP) is 3.48. The van der Waals surface area contributed by atoms with Gasteiger partial charge in [-0.2, -0.15) is 0 Å². The van der Waals surface area contributed by atoms with Crippen LogP contribution in [0, 0.1) is 5.92 Å². The van der Waals surface area contributed by atoms with E-state index in [0.29, 0.717) is 6.54 Å². The molecule has 1 saturated heterocycles. The smallest absolute Gasteiger partial charge is 0.410 e. The summed E-state index contributed by atoms with van der Waals surface area (Å²) in [5, 5.41) is 9.44. The van der Waals surface area contributed by atoms with Crippen molar-refractivity contribution < 1.29 is 19.4 Å². The number of likely N-dealkylation sites (tertiary alicyclic amines) is 1. The van der Waals surface area contributed by atoms with E-state index < -0.39 is 23.6 Å². The Hall–Kier alpha value is -1.56. The average molecular weight is 370 g/mol. The molecule has 1 aromatic carbocycles. The molecule has 1 aliphatic heterocycles. The van der Waals surface area contributed by atoms with Crippen LogP contribution in [0.2, 0.25) is 0 Å². The second-order valence-electron chi connectivity index (χ2n) is 6.49. The van der Waals surface area contributed by atoms with Crippen molar-refractivity contribution in [2.45, 2.75) is 32.3 Å². The van der Waals surface area contributed by atoms with E-state index in [-0.39, 0.29) is 12.5 Å². The summed E-state index contributed by atoms with van der Waals surface area (Å²) in [7, 11) is 0. The van der Waals surface area contributed by atoms with Gasteiger partial charge in [0.2, 0.25) is 0 Å². The Labute approximate surface area is 138 Å². The fraction of sp³-hybridized carbons (Fsp3) is 0.500. The van der Waals surface area contributed by atoms with Gasteiger partial charge in [0.05, 0.1) is 5.92 Å². The molecule has 1 fully saturated rings. The van der Waals surface area contributed by atoms with Gasteiger partial charge >= 0.3 is 12.1 Å². The minimum Gasteiger partial charge on any atom is -0.481 e. The van der Waals surface area contributed by atoms with E-state index in [1.165, 1.54) is 4.90 Å². The van der Waals surface area contributed by atoms with E-state index in [1.807, 2.05) is 24.3 Å². The number of ether oxygens (including phenoxy) is 1. The van der Waals surface area contributed by atoms with Crippen molar-refractivity contribution >= 4 is 28.0 Å². The van der Waals surface area contributed by atoms with Crippen LogP contribution in [0.3, 0.4) is 0 Å². The van der Waals surface area contributed by atoms with Gasteiger partial charge in [0.1, 0.15) is 5.60 Å². The van der Waals surface area contributed by atoms with E-state index in [1.54, 1.807) is 20.8 Å². The number of halogens is 1. The number of hydrogen-bond acceptors (Lipinski definition) is 3. The first-order chi connectivity index (χ1) is 10.2. The van der Waals surface area contributed by atoms with Crippen molar-refractivity contribution in [3.8, 4) is 0 Å². The largest absolute Gasteiger partial charge is 0.481 e. The molecule has 0 saturated carbocycles. The van der Waals surface area contributed by atoms with Crippen LogP contribution in [0.15, 0.2) is 28.7 Å². The van der Waals surface area contributed by atoms with Crippen molar-refractivity contribution in [3.05, 3.63) is 34.3 Å². The molecule has 0 unspecified atom stereocenters. The summed E-state index contributed by atoms with van der Waals surface area (Å²) in [6.07, 6.45) is -0.460. The van der Waals surface area contributed by atoms with Gasteiger partial charge in [-0.25, -0.2) is 4.79 Å². The summed E-state index contributed by atoms with van der Waals surface area (Å²) in [6, 6.07) is 7.54. The highest BCUT2D eigenvalue weighted by Gasteiger charge is 2.41. The Bertz CT molecular complexity index is 565. The zero-order valence-corrected chi connectivity index (χ0v) is 14.5. The Morgan fingerprint density at radius 3 is 2.32 bits per heavy atom. The Morgan fingerprint density at radius 1 is 1.23 bits per heavy atom. The first kappa shape index (κ1) is 16.8. The summed E-state index contributed by atoms with van der Waals surface area (Å²) >= 11 is 3.37. The summed E-state index contributed by atoms with van der Waals surface area (Å²) < 4.78 is 6.27. The monoisotopic (exact) mass is 369 g/mol. The van der Waals surface area contributed by atoms with E-state index >= 15 is 0 Å². The number of carbonyl (C=O) groups excluding carboxylic acids is 1. The van der Waals surface area contributed by atoms with Crippen molar-refractivity contribution in [1.82, 2.24) is 4.90 Å². The number of benzene rings is 1. The second kappa shape index (κ2) is 6.28. The minimum absolute atomic E-state index is 0.172. The molecule has 1 heterocycles. The number of carboxylic acids is 1. The lowest BCUT2D eigenvalue weighted by atomic mass is 9.89. The summed E-state index contributed by atoms with van der Waals surface area (Å²) in [5.41, 5.74) is 0.326. The number of aliphatic carboxylic acids is 1. The quantitative estimate of drug-likeness (QED) is 0.866. The molecule has 0 aromatic heterocycles. The molecule has 0 bridgehead atoms. The Balaban J connectivity index is 2.18. The zero-order chi connectivity index (χ0) is 16.5. The molecule has 120 valence electrons. The van der Waals surface area contributed by atoms with Gasteiger partial charge in [-0.3, -0.25) is 4.79 Å². The molecule has 2 rings (SSSR count). The fourth-order valence-electron chi connectivity index (χ4n) is 2.58. The highest BCUT2D eigenvalue weighted by atomic mass is 79.9. The van der Waals surface area contributed by atoms with Gasteiger partial charge in [-0.05, 0) is 38.5 Å². The van der Waals surface area contributed by atoms with Gasteiger partial charge in [-0.1, -0.05) is 28.1 Å². The molecule has 1 N–H and O–H groups in total. The summed E-state index contributed by atoms with van der Waals surface area (Å²) in [4.78, 5) is 25.2. The lowest BCUT2D eigenvalue weighted by molar-refractivity contribution is -0.141. The van der Waals surface area contributed by atoms with Gasteiger partial charge in [0.25, 0.3) is 0 Å². The number of carbonyl (C=O) groups is 2. The fourth-order valence-corrected chi connectivity index (χ4v) is 2.84. The topological polar surface area (TPSA) is 66.8 Å². The standard InChI is InChI=1S/C16H20BrNO4/c1-16(2,3)22-15(21)18-8-12(13(9-18)14(19)20)10-4-6-11(17)7-5-10/h4-7,12-13H,8-9H2,1-3H3,(H,19,20)/t12-,13+/m1/s1. The van der Waals surface area contributed by atoms with Gasteiger partial charge in [-0.15, -0.1) is 0 Å². The molecule has 22 heavy (non-hydrogen) atoms. The second-order valence-corrected chi connectivity index (χ2v) is 7.40. The third kappa shape index (κ3) is 4.00. The number of hydrogen-bond donors (Lipinski definition) is 1. The maximum atomic E-state index is 12.2. The third-order valence-electron chi connectivity index (χ3n) is 3.59. The molecule has 6 heteroatoms. The van der Waals surface area contributed by atoms with Gasteiger partial charge in [0, 0.05) is 23.5 Å². The minimum atomic E-state index is -0.890. The maximum Gasteiger partial charge on any atom is 0.410 e. The van der Waals surface area contributed by atoms with Gasteiger partial charge < -0.3 is 14.7 Å². The summed E-state index contributed by atoms with van der Waals surface area (Å²) in [5.74, 6) is -1.73. The molecule has 1 aliphatic rings. The molecule has 0 spiro atoms. The highest BCUT2D eigenvalue weighted by Crippen LogP contribution is 2.34. The number of rotatable bonds is 2. The van der Waals surface area contributed by atoms with Crippen LogP contribution in [-0.2, 0) is 9.53 Å². The molecule has 1 aromatic rings. The molecule has 5 nitrogen and oxygen atoms in total.